The zero-order chi connectivity index (χ0) is 14.0. The second-order valence-electron chi connectivity index (χ2n) is 4.77. The summed E-state index contributed by atoms with van der Waals surface area (Å²) in [4.78, 5) is 2.09. The van der Waals surface area contributed by atoms with E-state index in [0.29, 0.717) is 0 Å². The number of rotatable bonds is 3. The molecule has 2 aromatic carbocycles. The van der Waals surface area contributed by atoms with E-state index >= 15 is 0 Å². The van der Waals surface area contributed by atoms with E-state index < -0.39 is 0 Å². The Morgan fingerprint density at radius 2 is 1.74 bits per heavy atom. The van der Waals surface area contributed by atoms with E-state index in [1.54, 1.807) is 7.11 Å². The van der Waals surface area contributed by atoms with Crippen LogP contribution < -0.4 is 15.4 Å². The van der Waals surface area contributed by atoms with Crippen LogP contribution in [0, 0.1) is 13.8 Å². The van der Waals surface area contributed by atoms with E-state index in [1.165, 1.54) is 11.1 Å². The molecule has 0 amide bonds. The molecule has 3 nitrogen and oxygen atoms in total. The number of anilines is 3. The fourth-order valence-electron chi connectivity index (χ4n) is 2.25. The summed E-state index contributed by atoms with van der Waals surface area (Å²) >= 11 is 0. The third-order valence-electron chi connectivity index (χ3n) is 3.31. The Morgan fingerprint density at radius 3 is 2.37 bits per heavy atom. The number of hydrogen-bond donors (Lipinski definition) is 1. The first-order chi connectivity index (χ1) is 9.02. The molecular weight excluding hydrogens is 236 g/mol. The van der Waals surface area contributed by atoms with E-state index in [4.69, 9.17) is 10.5 Å². The molecular formula is C16H20N2O. The summed E-state index contributed by atoms with van der Waals surface area (Å²) in [5.41, 5.74) is 11.4. The van der Waals surface area contributed by atoms with Gasteiger partial charge >= 0.3 is 0 Å². The van der Waals surface area contributed by atoms with Gasteiger partial charge in [-0.3, -0.25) is 0 Å². The van der Waals surface area contributed by atoms with Crippen molar-refractivity contribution < 1.29 is 4.74 Å². The highest BCUT2D eigenvalue weighted by Gasteiger charge is 2.11. The summed E-state index contributed by atoms with van der Waals surface area (Å²) in [6.45, 7) is 4.20. The lowest BCUT2D eigenvalue weighted by Crippen LogP contribution is -2.13. The van der Waals surface area contributed by atoms with Gasteiger partial charge in [0.2, 0.25) is 0 Å². The highest BCUT2D eigenvalue weighted by molar-refractivity contribution is 5.77. The van der Waals surface area contributed by atoms with Gasteiger partial charge in [-0.15, -0.1) is 0 Å². The summed E-state index contributed by atoms with van der Waals surface area (Å²) in [5.74, 6) is 0.806. The number of hydrogen-bond acceptors (Lipinski definition) is 3. The molecule has 0 atom stereocenters. The van der Waals surface area contributed by atoms with Crippen molar-refractivity contribution in [3.63, 3.8) is 0 Å². The van der Waals surface area contributed by atoms with Gasteiger partial charge in [0.15, 0.2) is 0 Å². The van der Waals surface area contributed by atoms with Crippen LogP contribution in [-0.4, -0.2) is 14.2 Å². The number of benzene rings is 2. The lowest BCUT2D eigenvalue weighted by molar-refractivity contribution is 0.415. The number of aryl methyl sites for hydroxylation is 2. The zero-order valence-electron chi connectivity index (χ0n) is 11.9. The molecule has 100 valence electrons. The van der Waals surface area contributed by atoms with Crippen molar-refractivity contribution in [3.05, 3.63) is 47.5 Å². The van der Waals surface area contributed by atoms with E-state index in [9.17, 15) is 0 Å². The first-order valence-corrected chi connectivity index (χ1v) is 6.27. The summed E-state index contributed by atoms with van der Waals surface area (Å²) in [6.07, 6.45) is 0. The largest absolute Gasteiger partial charge is 0.497 e. The van der Waals surface area contributed by atoms with Gasteiger partial charge in [0.05, 0.1) is 18.5 Å². The molecule has 0 aromatic heterocycles. The van der Waals surface area contributed by atoms with Gasteiger partial charge < -0.3 is 15.4 Å². The highest BCUT2D eigenvalue weighted by Crippen LogP contribution is 2.33. The lowest BCUT2D eigenvalue weighted by Gasteiger charge is -2.24. The summed E-state index contributed by atoms with van der Waals surface area (Å²) in [7, 11) is 3.68. The smallest absolute Gasteiger partial charge is 0.121 e. The number of methoxy groups -OCH3 is 1. The molecule has 0 aliphatic heterocycles. The summed E-state index contributed by atoms with van der Waals surface area (Å²) in [6, 6.07) is 12.1. The topological polar surface area (TPSA) is 38.5 Å². The minimum absolute atomic E-state index is 0.739. The average Bonchev–Trinajstić information content (AvgIpc) is 2.38. The van der Waals surface area contributed by atoms with Crippen LogP contribution in [0.3, 0.4) is 0 Å². The average molecular weight is 256 g/mol. The molecule has 0 spiro atoms. The normalized spacial score (nSPS) is 10.3. The van der Waals surface area contributed by atoms with Crippen LogP contribution in [0.1, 0.15) is 11.1 Å². The minimum Gasteiger partial charge on any atom is -0.497 e. The van der Waals surface area contributed by atoms with Crippen molar-refractivity contribution in [2.75, 3.05) is 24.8 Å². The zero-order valence-corrected chi connectivity index (χ0v) is 11.9. The quantitative estimate of drug-likeness (QED) is 0.852. The summed E-state index contributed by atoms with van der Waals surface area (Å²) in [5, 5.41) is 0. The summed E-state index contributed by atoms with van der Waals surface area (Å²) < 4.78 is 5.26. The SMILES string of the molecule is COc1ccc(N)c(N(C)c2ccc(C)cc2C)c1. The standard InChI is InChI=1S/C16H20N2O/c1-11-5-8-15(12(2)9-11)18(3)16-10-13(19-4)6-7-14(16)17/h5-10H,17H2,1-4H3. The molecule has 0 bridgehead atoms. The fourth-order valence-corrected chi connectivity index (χ4v) is 2.25. The maximum atomic E-state index is 6.07. The van der Waals surface area contributed by atoms with E-state index in [-0.39, 0.29) is 0 Å². The first kappa shape index (κ1) is 13.3. The second kappa shape index (κ2) is 5.22. The van der Waals surface area contributed by atoms with Crippen LogP contribution >= 0.6 is 0 Å². The molecule has 3 heteroatoms. The van der Waals surface area contributed by atoms with Crippen molar-refractivity contribution in [3.8, 4) is 5.75 Å². The van der Waals surface area contributed by atoms with Gasteiger partial charge in [-0.25, -0.2) is 0 Å². The number of nitrogens with zero attached hydrogens (tertiary/aromatic N) is 1. The Bertz CT molecular complexity index is 593. The van der Waals surface area contributed by atoms with Crippen molar-refractivity contribution in [2.45, 2.75) is 13.8 Å². The predicted molar refractivity (Wildman–Crippen MR) is 81.4 cm³/mol. The lowest BCUT2D eigenvalue weighted by atomic mass is 10.1. The molecule has 2 aromatic rings. The van der Waals surface area contributed by atoms with Gasteiger partial charge in [-0.05, 0) is 37.6 Å². The van der Waals surface area contributed by atoms with Crippen LogP contribution in [0.2, 0.25) is 0 Å². The number of ether oxygens (including phenoxy) is 1. The maximum absolute atomic E-state index is 6.07. The monoisotopic (exact) mass is 256 g/mol. The molecule has 0 fully saturated rings. The van der Waals surface area contributed by atoms with Gasteiger partial charge in [-0.1, -0.05) is 17.7 Å². The van der Waals surface area contributed by atoms with E-state index in [2.05, 4.69) is 36.9 Å². The van der Waals surface area contributed by atoms with Crippen LogP contribution in [0.25, 0.3) is 0 Å². The minimum atomic E-state index is 0.739. The first-order valence-electron chi connectivity index (χ1n) is 6.27. The molecule has 0 aliphatic rings. The van der Waals surface area contributed by atoms with Crippen LogP contribution in [0.15, 0.2) is 36.4 Å². The van der Waals surface area contributed by atoms with Crippen molar-refractivity contribution in [1.82, 2.24) is 0 Å². The van der Waals surface area contributed by atoms with E-state index in [1.807, 2.05) is 25.2 Å². The molecule has 2 rings (SSSR count). The van der Waals surface area contributed by atoms with Gasteiger partial charge in [0.1, 0.15) is 5.75 Å². The number of nitrogens with two attached hydrogens (primary N) is 1. The van der Waals surface area contributed by atoms with Crippen molar-refractivity contribution in [2.24, 2.45) is 0 Å². The Kier molecular flexibility index (Phi) is 3.65. The number of nitrogen functional groups attached to an aromatic ring is 1. The third kappa shape index (κ3) is 2.65. The van der Waals surface area contributed by atoms with Gasteiger partial charge in [0, 0.05) is 18.8 Å². The third-order valence-corrected chi connectivity index (χ3v) is 3.31. The van der Waals surface area contributed by atoms with Crippen molar-refractivity contribution >= 4 is 17.1 Å². The molecule has 0 aliphatic carbocycles. The molecule has 0 unspecified atom stereocenters. The van der Waals surface area contributed by atoms with Gasteiger partial charge in [0.25, 0.3) is 0 Å². The molecule has 0 radical (unpaired) electrons. The van der Waals surface area contributed by atoms with Crippen LogP contribution in [0.4, 0.5) is 17.1 Å². The van der Waals surface area contributed by atoms with Gasteiger partial charge in [-0.2, -0.15) is 0 Å². The Balaban J connectivity index is 2.46. The highest BCUT2D eigenvalue weighted by atomic mass is 16.5. The maximum Gasteiger partial charge on any atom is 0.121 e. The second-order valence-corrected chi connectivity index (χ2v) is 4.77. The van der Waals surface area contributed by atoms with E-state index in [0.717, 1.165) is 22.8 Å². The van der Waals surface area contributed by atoms with Crippen LogP contribution in [0.5, 0.6) is 5.75 Å². The van der Waals surface area contributed by atoms with Crippen LogP contribution in [-0.2, 0) is 0 Å². The molecule has 19 heavy (non-hydrogen) atoms. The Hall–Kier alpha value is -2.16. The fraction of sp³-hybridized carbons (Fsp3) is 0.250. The molecule has 0 saturated carbocycles. The Morgan fingerprint density at radius 1 is 1.00 bits per heavy atom. The van der Waals surface area contributed by atoms with Crippen molar-refractivity contribution in [1.29, 1.82) is 0 Å². The molecule has 0 saturated heterocycles. The molecule has 2 N–H and O–H groups in total. The molecule has 0 heterocycles. The predicted octanol–water partition coefficient (Wildman–Crippen LogP) is 3.66. The Labute approximate surface area is 114 Å².